The summed E-state index contributed by atoms with van der Waals surface area (Å²) in [7, 11) is 0. The zero-order valence-electron chi connectivity index (χ0n) is 11.8. The molecule has 7 heteroatoms. The van der Waals surface area contributed by atoms with Crippen molar-refractivity contribution < 1.29 is 9.53 Å². The minimum Gasteiger partial charge on any atom is -0.462 e. The van der Waals surface area contributed by atoms with Gasteiger partial charge in [-0.15, -0.1) is 6.58 Å². The molecule has 2 aromatic rings. The molecule has 2 heterocycles. The highest BCUT2D eigenvalue weighted by atomic mass is 32.2. The van der Waals surface area contributed by atoms with Crippen molar-refractivity contribution in [2.75, 3.05) is 12.9 Å². The van der Waals surface area contributed by atoms with E-state index in [9.17, 15) is 9.59 Å². The molecular weight excluding hydrogens is 290 g/mol. The smallest absolute Gasteiger partial charge is 0.343 e. The normalized spacial score (nSPS) is 10.6. The summed E-state index contributed by atoms with van der Waals surface area (Å²) in [5.74, 6) is -0.642. The topological polar surface area (TPSA) is 74.1 Å². The maximum Gasteiger partial charge on any atom is 0.343 e. The maximum absolute atomic E-state index is 12.4. The van der Waals surface area contributed by atoms with Gasteiger partial charge in [0.05, 0.1) is 12.0 Å². The molecule has 0 N–H and O–H groups in total. The number of rotatable bonds is 5. The van der Waals surface area contributed by atoms with Crippen LogP contribution in [-0.4, -0.2) is 33.4 Å². The van der Waals surface area contributed by atoms with E-state index >= 15 is 0 Å². The quantitative estimate of drug-likeness (QED) is 0.363. The summed E-state index contributed by atoms with van der Waals surface area (Å²) in [4.78, 5) is 32.7. The van der Waals surface area contributed by atoms with Crippen LogP contribution in [0.5, 0.6) is 0 Å². The summed E-state index contributed by atoms with van der Waals surface area (Å²) in [5, 5.41) is 0.851. The molecule has 0 saturated heterocycles. The van der Waals surface area contributed by atoms with Gasteiger partial charge in [0.25, 0.3) is 0 Å². The minimum atomic E-state index is -0.642. The van der Waals surface area contributed by atoms with Crippen LogP contribution in [0.3, 0.4) is 0 Å². The van der Waals surface area contributed by atoms with E-state index in [0.717, 1.165) is 0 Å². The van der Waals surface area contributed by atoms with Crippen LogP contribution in [0.15, 0.2) is 35.0 Å². The molecule has 110 valence electrons. The number of allylic oxidation sites excluding steroid dienone is 1. The van der Waals surface area contributed by atoms with Crippen molar-refractivity contribution in [1.82, 2.24) is 14.5 Å². The number of nitrogens with zero attached hydrogens (tertiary/aromatic N) is 3. The lowest BCUT2D eigenvalue weighted by atomic mass is 10.2. The Kier molecular flexibility index (Phi) is 4.74. The monoisotopic (exact) mass is 305 g/mol. The van der Waals surface area contributed by atoms with Crippen LogP contribution in [-0.2, 0) is 11.3 Å². The van der Waals surface area contributed by atoms with Gasteiger partial charge in [0.15, 0.2) is 5.16 Å². The second-order valence-corrected chi connectivity index (χ2v) is 4.90. The highest BCUT2D eigenvalue weighted by Gasteiger charge is 2.17. The summed E-state index contributed by atoms with van der Waals surface area (Å²) in [6.45, 7) is 6.00. The van der Waals surface area contributed by atoms with Crippen LogP contribution in [0.25, 0.3) is 11.0 Å². The minimum absolute atomic E-state index is 0.0216. The van der Waals surface area contributed by atoms with Crippen molar-refractivity contribution in [3.8, 4) is 0 Å². The Labute approximate surface area is 125 Å². The number of carbonyl (C=O) groups excluding carboxylic acids is 1. The predicted octanol–water partition coefficient (Wildman–Crippen LogP) is 1.88. The molecule has 2 aromatic heterocycles. The van der Waals surface area contributed by atoms with Gasteiger partial charge in [0.1, 0.15) is 11.2 Å². The van der Waals surface area contributed by atoms with Gasteiger partial charge in [-0.05, 0) is 13.2 Å². The van der Waals surface area contributed by atoms with Gasteiger partial charge in [-0.2, -0.15) is 0 Å². The Hall–Kier alpha value is -2.15. The number of hydrogen-bond donors (Lipinski definition) is 0. The van der Waals surface area contributed by atoms with E-state index in [4.69, 9.17) is 4.74 Å². The van der Waals surface area contributed by atoms with E-state index in [1.165, 1.54) is 24.2 Å². The maximum atomic E-state index is 12.4. The zero-order chi connectivity index (χ0) is 15.4. The average molecular weight is 305 g/mol. The van der Waals surface area contributed by atoms with Crippen molar-refractivity contribution in [1.29, 1.82) is 0 Å². The lowest BCUT2D eigenvalue weighted by molar-refractivity contribution is 0.0524. The molecule has 6 nitrogen and oxygen atoms in total. The Morgan fingerprint density at radius 2 is 2.33 bits per heavy atom. The Morgan fingerprint density at radius 1 is 1.57 bits per heavy atom. The third kappa shape index (κ3) is 2.97. The van der Waals surface area contributed by atoms with Crippen LogP contribution >= 0.6 is 11.8 Å². The van der Waals surface area contributed by atoms with Crippen LogP contribution in [0.2, 0.25) is 0 Å². The summed E-state index contributed by atoms with van der Waals surface area (Å²) >= 11 is 1.38. The van der Waals surface area contributed by atoms with E-state index in [2.05, 4.69) is 16.5 Å². The van der Waals surface area contributed by atoms with Crippen molar-refractivity contribution in [3.63, 3.8) is 0 Å². The summed E-state index contributed by atoms with van der Waals surface area (Å²) in [6.07, 6.45) is 6.42. The lowest BCUT2D eigenvalue weighted by Crippen LogP contribution is -2.21. The van der Waals surface area contributed by atoms with Gasteiger partial charge >= 0.3 is 5.97 Å². The van der Waals surface area contributed by atoms with Gasteiger partial charge in [0.2, 0.25) is 5.43 Å². The van der Waals surface area contributed by atoms with Gasteiger partial charge < -0.3 is 9.30 Å². The van der Waals surface area contributed by atoms with Crippen LogP contribution in [0.4, 0.5) is 0 Å². The molecule has 0 fully saturated rings. The zero-order valence-corrected chi connectivity index (χ0v) is 12.6. The van der Waals surface area contributed by atoms with E-state index in [1.54, 1.807) is 17.6 Å². The first-order valence-electron chi connectivity index (χ1n) is 6.34. The number of thioether (sulfide) groups is 1. The Bertz CT molecular complexity index is 755. The molecule has 0 aliphatic rings. The van der Waals surface area contributed by atoms with Gasteiger partial charge in [-0.3, -0.25) is 4.79 Å². The Balaban J connectivity index is 2.74. The molecule has 0 amide bonds. The SMILES string of the molecule is C=CCn1cc(C(=O)OCC)c(=O)c2cnc(SC)nc21. The molecule has 0 bridgehead atoms. The van der Waals surface area contributed by atoms with Gasteiger partial charge in [0, 0.05) is 18.9 Å². The first kappa shape index (κ1) is 15.2. The molecule has 0 spiro atoms. The number of fused-ring (bicyclic) bond motifs is 1. The average Bonchev–Trinajstić information content (AvgIpc) is 2.49. The molecule has 0 radical (unpaired) electrons. The van der Waals surface area contributed by atoms with E-state index in [0.29, 0.717) is 22.7 Å². The van der Waals surface area contributed by atoms with E-state index < -0.39 is 11.4 Å². The standard InChI is InChI=1S/C14H15N3O3S/c1-4-6-17-8-10(13(19)20-5-2)11(18)9-7-15-14(21-3)16-12(9)17/h4,7-8H,1,5-6H2,2-3H3. The molecule has 21 heavy (non-hydrogen) atoms. The van der Waals surface area contributed by atoms with Gasteiger partial charge in [-0.1, -0.05) is 17.8 Å². The number of aromatic nitrogens is 3. The molecule has 0 aliphatic carbocycles. The Morgan fingerprint density at radius 3 is 2.95 bits per heavy atom. The third-order valence-electron chi connectivity index (χ3n) is 2.80. The molecule has 0 unspecified atom stereocenters. The first-order chi connectivity index (χ1) is 10.1. The fourth-order valence-electron chi connectivity index (χ4n) is 1.89. The summed E-state index contributed by atoms with van der Waals surface area (Å²) < 4.78 is 6.60. The number of esters is 1. The second kappa shape index (κ2) is 6.53. The van der Waals surface area contributed by atoms with Crippen LogP contribution in [0.1, 0.15) is 17.3 Å². The number of ether oxygens (including phenoxy) is 1. The molecule has 0 saturated carbocycles. The predicted molar refractivity (Wildman–Crippen MR) is 81.7 cm³/mol. The van der Waals surface area contributed by atoms with Gasteiger partial charge in [-0.25, -0.2) is 14.8 Å². The van der Waals surface area contributed by atoms with Crippen molar-refractivity contribution in [2.45, 2.75) is 18.6 Å². The lowest BCUT2D eigenvalue weighted by Gasteiger charge is -2.10. The van der Waals surface area contributed by atoms with Crippen LogP contribution in [0, 0.1) is 0 Å². The van der Waals surface area contributed by atoms with Crippen LogP contribution < -0.4 is 5.43 Å². The molecular formula is C14H15N3O3S. The second-order valence-electron chi connectivity index (χ2n) is 4.13. The third-order valence-corrected chi connectivity index (χ3v) is 3.36. The van der Waals surface area contributed by atoms with Crippen molar-refractivity contribution >= 4 is 28.8 Å². The highest BCUT2D eigenvalue weighted by Crippen LogP contribution is 2.14. The van der Waals surface area contributed by atoms with E-state index in [1.807, 2.05) is 6.26 Å². The summed E-state index contributed by atoms with van der Waals surface area (Å²) in [5.41, 5.74) is 0.0374. The molecule has 2 rings (SSSR count). The molecule has 0 aromatic carbocycles. The fraction of sp³-hybridized carbons (Fsp3) is 0.286. The number of pyridine rings is 1. The van der Waals surface area contributed by atoms with E-state index in [-0.39, 0.29) is 12.2 Å². The fourth-order valence-corrected chi connectivity index (χ4v) is 2.22. The highest BCUT2D eigenvalue weighted by molar-refractivity contribution is 7.98. The molecule has 0 atom stereocenters. The largest absolute Gasteiger partial charge is 0.462 e. The molecule has 0 aliphatic heterocycles. The van der Waals surface area contributed by atoms with Crippen molar-refractivity contribution in [2.24, 2.45) is 0 Å². The summed E-state index contributed by atoms with van der Waals surface area (Å²) in [6, 6.07) is 0. The number of carbonyl (C=O) groups is 1. The van der Waals surface area contributed by atoms with Crippen molar-refractivity contribution in [3.05, 3.63) is 40.8 Å². The first-order valence-corrected chi connectivity index (χ1v) is 7.57. The number of hydrogen-bond acceptors (Lipinski definition) is 6.